The van der Waals surface area contributed by atoms with Crippen LogP contribution in [0.2, 0.25) is 0 Å². The number of nitrogens with zero attached hydrogens (tertiary/aromatic N) is 6. The van der Waals surface area contributed by atoms with Gasteiger partial charge in [0.25, 0.3) is 11.4 Å². The fourth-order valence-corrected chi connectivity index (χ4v) is 2.48. The zero-order valence-electron chi connectivity index (χ0n) is 14.3. The maximum absolute atomic E-state index is 11.0. The molecule has 13 heteroatoms. The molecule has 2 aromatic carbocycles. The van der Waals surface area contributed by atoms with Crippen LogP contribution in [0.5, 0.6) is 0 Å². The van der Waals surface area contributed by atoms with Gasteiger partial charge in [0.2, 0.25) is 11.3 Å². The van der Waals surface area contributed by atoms with E-state index in [1.165, 1.54) is 36.4 Å². The minimum atomic E-state index is -0.524. The Kier molecular flexibility index (Phi) is 4.37. The van der Waals surface area contributed by atoms with E-state index in [0.29, 0.717) is 11.4 Å². The van der Waals surface area contributed by atoms with Crippen LogP contribution < -0.4 is 10.6 Å². The van der Waals surface area contributed by atoms with Gasteiger partial charge in [-0.15, -0.1) is 0 Å². The van der Waals surface area contributed by atoms with Gasteiger partial charge in [-0.1, -0.05) is 12.1 Å². The third-order valence-corrected chi connectivity index (χ3v) is 3.75. The number of anilines is 4. The van der Waals surface area contributed by atoms with Gasteiger partial charge in [0.15, 0.2) is 11.6 Å². The van der Waals surface area contributed by atoms with Crippen molar-refractivity contribution in [2.24, 2.45) is 0 Å². The molecule has 13 nitrogen and oxygen atoms in total. The summed E-state index contributed by atoms with van der Waals surface area (Å²) in [6.45, 7) is 0. The highest BCUT2D eigenvalue weighted by Crippen LogP contribution is 2.29. The summed E-state index contributed by atoms with van der Waals surface area (Å²) in [6, 6.07) is 11.6. The van der Waals surface area contributed by atoms with E-state index in [-0.39, 0.29) is 34.3 Å². The topological polar surface area (TPSA) is 175 Å². The Balaban J connectivity index is 1.73. The molecule has 4 rings (SSSR count). The Bertz CT molecular complexity index is 1150. The van der Waals surface area contributed by atoms with Crippen molar-refractivity contribution >= 4 is 45.7 Å². The predicted octanol–water partition coefficient (Wildman–Crippen LogP) is 3.32. The third kappa shape index (κ3) is 3.73. The smallest absolute Gasteiger partial charge is 0.271 e. The monoisotopic (exact) mass is 394 g/mol. The molecule has 29 heavy (non-hydrogen) atoms. The van der Waals surface area contributed by atoms with E-state index in [1.54, 1.807) is 12.1 Å². The summed E-state index contributed by atoms with van der Waals surface area (Å²) in [5.41, 5.74) is 0.767. The average molecular weight is 394 g/mol. The number of hydrogen-bond acceptors (Lipinski definition) is 11. The second kappa shape index (κ2) is 7.15. The van der Waals surface area contributed by atoms with E-state index in [4.69, 9.17) is 0 Å². The van der Waals surface area contributed by atoms with E-state index in [2.05, 4.69) is 35.5 Å². The lowest BCUT2D eigenvalue weighted by atomic mass is 10.2. The van der Waals surface area contributed by atoms with Crippen molar-refractivity contribution in [1.82, 2.24) is 20.3 Å². The van der Waals surface area contributed by atoms with Crippen LogP contribution in [-0.2, 0) is 0 Å². The Morgan fingerprint density at radius 3 is 1.62 bits per heavy atom. The number of hydrogen-bond donors (Lipinski definition) is 2. The Morgan fingerprint density at radius 1 is 0.759 bits per heavy atom. The molecule has 4 aromatic rings. The first-order valence-electron chi connectivity index (χ1n) is 8.03. The maximum Gasteiger partial charge on any atom is 0.271 e. The first-order valence-corrected chi connectivity index (χ1v) is 8.03. The molecule has 0 spiro atoms. The van der Waals surface area contributed by atoms with Crippen LogP contribution in [-0.4, -0.2) is 30.1 Å². The summed E-state index contributed by atoms with van der Waals surface area (Å²) >= 11 is 0. The number of aromatic nitrogens is 4. The summed E-state index contributed by atoms with van der Waals surface area (Å²) < 4.78 is 4.62. The molecular weight excluding hydrogens is 384 g/mol. The number of benzene rings is 2. The van der Waals surface area contributed by atoms with E-state index in [0.717, 1.165) is 0 Å². The van der Waals surface area contributed by atoms with Crippen LogP contribution in [0.15, 0.2) is 53.2 Å². The van der Waals surface area contributed by atoms with E-state index >= 15 is 0 Å². The van der Waals surface area contributed by atoms with E-state index in [9.17, 15) is 20.2 Å². The summed E-state index contributed by atoms with van der Waals surface area (Å²) in [7, 11) is 0. The first kappa shape index (κ1) is 17.7. The van der Waals surface area contributed by atoms with Crippen LogP contribution in [0.1, 0.15) is 0 Å². The number of nitrogens with one attached hydrogen (secondary N) is 2. The lowest BCUT2D eigenvalue weighted by molar-refractivity contribution is -0.385. The van der Waals surface area contributed by atoms with Crippen molar-refractivity contribution in [3.8, 4) is 0 Å². The van der Waals surface area contributed by atoms with E-state index in [1.807, 2.05) is 0 Å². The predicted molar refractivity (Wildman–Crippen MR) is 100 cm³/mol. The molecular formula is C16H10N8O5. The summed E-state index contributed by atoms with van der Waals surface area (Å²) in [6.07, 6.45) is 0. The first-order chi connectivity index (χ1) is 14.0. The number of rotatable bonds is 6. The number of fused-ring (bicyclic) bond motifs is 1. The fourth-order valence-electron chi connectivity index (χ4n) is 2.48. The molecule has 144 valence electrons. The highest BCUT2D eigenvalue weighted by molar-refractivity contribution is 5.79. The molecule has 0 aliphatic rings. The fraction of sp³-hybridized carbons (Fsp3) is 0. The van der Waals surface area contributed by atoms with Gasteiger partial charge >= 0.3 is 0 Å². The molecule has 0 aliphatic carbocycles. The molecule has 0 radical (unpaired) electrons. The third-order valence-electron chi connectivity index (χ3n) is 3.75. The van der Waals surface area contributed by atoms with Gasteiger partial charge in [-0.05, 0) is 22.4 Å². The van der Waals surface area contributed by atoms with Crippen LogP contribution in [0.4, 0.5) is 34.4 Å². The van der Waals surface area contributed by atoms with Gasteiger partial charge in [-0.3, -0.25) is 20.2 Å². The van der Waals surface area contributed by atoms with Crippen LogP contribution in [0.3, 0.4) is 0 Å². The number of non-ortho nitro benzene ring substituents is 2. The minimum absolute atomic E-state index is 0.111. The van der Waals surface area contributed by atoms with Crippen LogP contribution >= 0.6 is 0 Å². The van der Waals surface area contributed by atoms with Crippen LogP contribution in [0, 0.1) is 20.2 Å². The second-order valence-electron chi connectivity index (χ2n) is 5.70. The molecule has 0 bridgehead atoms. The number of nitro benzene ring substituents is 2. The Hall–Kier alpha value is -4.68. The molecule has 0 unspecified atom stereocenters. The van der Waals surface area contributed by atoms with Gasteiger partial charge in [0, 0.05) is 35.6 Å². The van der Waals surface area contributed by atoms with Gasteiger partial charge in [-0.25, -0.2) is 14.6 Å². The number of nitro groups is 2. The molecule has 0 fully saturated rings. The zero-order valence-corrected chi connectivity index (χ0v) is 14.3. The molecule has 2 heterocycles. The van der Waals surface area contributed by atoms with Crippen molar-refractivity contribution in [1.29, 1.82) is 0 Å². The SMILES string of the molecule is O=[N+]([O-])c1cccc(Nc2nc3nonc3nc2Nc2cccc([N+](=O)[O-])c2)c1. The molecule has 0 amide bonds. The summed E-state index contributed by atoms with van der Waals surface area (Å²) in [5.74, 6) is 0.334. The molecule has 0 atom stereocenters. The summed E-state index contributed by atoms with van der Waals surface area (Å²) in [4.78, 5) is 29.4. The normalized spacial score (nSPS) is 10.6. The van der Waals surface area contributed by atoms with E-state index < -0.39 is 9.85 Å². The lowest BCUT2D eigenvalue weighted by Gasteiger charge is -2.11. The maximum atomic E-state index is 11.0. The standard InChI is InChI=1S/C16H10N8O5/c25-23(26)11-5-1-3-9(7-11)17-13-14(20-16-15(19-13)21-29-22-16)18-10-4-2-6-12(8-10)24(27)28/h1-8H,(H,17,19,21)(H,18,20,22). The van der Waals surface area contributed by atoms with Crippen molar-refractivity contribution in [2.75, 3.05) is 10.6 Å². The van der Waals surface area contributed by atoms with Crippen molar-refractivity contribution in [3.05, 3.63) is 68.8 Å². The van der Waals surface area contributed by atoms with Gasteiger partial charge in [-0.2, -0.15) is 0 Å². The van der Waals surface area contributed by atoms with Gasteiger partial charge in [0.05, 0.1) is 9.85 Å². The Labute approximate surface area is 160 Å². The molecule has 0 aliphatic heterocycles. The second-order valence-corrected chi connectivity index (χ2v) is 5.70. The lowest BCUT2D eigenvalue weighted by Crippen LogP contribution is -2.04. The van der Waals surface area contributed by atoms with Crippen LogP contribution in [0.25, 0.3) is 11.3 Å². The van der Waals surface area contributed by atoms with Gasteiger partial charge < -0.3 is 10.6 Å². The zero-order chi connectivity index (χ0) is 20.4. The van der Waals surface area contributed by atoms with Gasteiger partial charge in [0.1, 0.15) is 0 Å². The quantitative estimate of drug-likeness (QED) is 0.362. The molecule has 2 aromatic heterocycles. The molecule has 0 saturated carbocycles. The molecule has 0 saturated heterocycles. The molecule has 2 N–H and O–H groups in total. The average Bonchev–Trinajstić information content (AvgIpc) is 3.16. The van der Waals surface area contributed by atoms with Crippen molar-refractivity contribution in [3.63, 3.8) is 0 Å². The van der Waals surface area contributed by atoms with Crippen molar-refractivity contribution in [2.45, 2.75) is 0 Å². The highest BCUT2D eigenvalue weighted by atomic mass is 16.6. The largest absolute Gasteiger partial charge is 0.337 e. The Morgan fingerprint density at radius 2 is 1.21 bits per heavy atom. The van der Waals surface area contributed by atoms with Crippen molar-refractivity contribution < 1.29 is 14.5 Å². The summed E-state index contributed by atoms with van der Waals surface area (Å²) in [5, 5.41) is 35.1. The minimum Gasteiger partial charge on any atom is -0.337 e. The highest BCUT2D eigenvalue weighted by Gasteiger charge is 2.15.